The lowest BCUT2D eigenvalue weighted by Crippen LogP contribution is -2.01. The lowest BCUT2D eigenvalue weighted by atomic mass is 10.1. The number of hydrogen-bond donors (Lipinski definition) is 0. The van der Waals surface area contributed by atoms with Crippen LogP contribution >= 0.6 is 0 Å². The summed E-state index contributed by atoms with van der Waals surface area (Å²) in [6.45, 7) is 2.83. The summed E-state index contributed by atoms with van der Waals surface area (Å²) >= 11 is 0. The Kier molecular flexibility index (Phi) is 2.76. The normalized spacial score (nSPS) is 10.2. The van der Waals surface area contributed by atoms with Gasteiger partial charge in [-0.15, -0.1) is 0 Å². The SMILES string of the molecule is CC(=O)Cc1cc(F)c(C)cc1F. The van der Waals surface area contributed by atoms with E-state index >= 15 is 0 Å². The first-order chi connectivity index (χ1) is 6.00. The van der Waals surface area contributed by atoms with E-state index < -0.39 is 11.6 Å². The fraction of sp³-hybridized carbons (Fsp3) is 0.300. The molecule has 0 aromatic heterocycles. The number of hydrogen-bond acceptors (Lipinski definition) is 1. The van der Waals surface area contributed by atoms with Gasteiger partial charge in [-0.3, -0.25) is 4.79 Å². The number of benzene rings is 1. The van der Waals surface area contributed by atoms with Crippen molar-refractivity contribution in [2.75, 3.05) is 0 Å². The molecule has 0 spiro atoms. The standard InChI is InChI=1S/C10H10F2O/c1-6-3-10(12)8(4-7(2)13)5-9(6)11/h3,5H,4H2,1-2H3. The van der Waals surface area contributed by atoms with Gasteiger partial charge in [-0.2, -0.15) is 0 Å². The van der Waals surface area contributed by atoms with E-state index in [0.717, 1.165) is 12.1 Å². The molecule has 1 aromatic carbocycles. The fourth-order valence-corrected chi connectivity index (χ4v) is 1.09. The third-order valence-electron chi connectivity index (χ3n) is 1.77. The van der Waals surface area contributed by atoms with Gasteiger partial charge in [0.25, 0.3) is 0 Å². The Morgan fingerprint density at radius 3 is 2.46 bits per heavy atom. The maximum atomic E-state index is 13.1. The Morgan fingerprint density at radius 1 is 1.31 bits per heavy atom. The summed E-state index contributed by atoms with van der Waals surface area (Å²) in [6.07, 6.45) is -0.0525. The average Bonchev–Trinajstić information content (AvgIpc) is 1.99. The maximum absolute atomic E-state index is 13.1. The van der Waals surface area contributed by atoms with Crippen LogP contribution in [-0.4, -0.2) is 5.78 Å². The second-order valence-corrected chi connectivity index (χ2v) is 3.07. The number of aryl methyl sites for hydroxylation is 1. The molecule has 1 rings (SSSR count). The van der Waals surface area contributed by atoms with Gasteiger partial charge in [0.05, 0.1) is 0 Å². The molecule has 0 aliphatic carbocycles. The highest BCUT2D eigenvalue weighted by Gasteiger charge is 2.08. The third-order valence-corrected chi connectivity index (χ3v) is 1.77. The van der Waals surface area contributed by atoms with Crippen molar-refractivity contribution < 1.29 is 13.6 Å². The van der Waals surface area contributed by atoms with Crippen molar-refractivity contribution in [3.05, 3.63) is 34.9 Å². The van der Waals surface area contributed by atoms with Crippen LogP contribution in [0, 0.1) is 18.6 Å². The monoisotopic (exact) mass is 184 g/mol. The summed E-state index contributed by atoms with van der Waals surface area (Å²) in [5.74, 6) is -1.17. The molecular formula is C10H10F2O. The molecule has 0 saturated heterocycles. The minimum atomic E-state index is -0.519. The number of rotatable bonds is 2. The number of carbonyl (C=O) groups excluding carboxylic acids is 1. The molecule has 0 heterocycles. The van der Waals surface area contributed by atoms with Crippen LogP contribution in [0.25, 0.3) is 0 Å². The highest BCUT2D eigenvalue weighted by atomic mass is 19.1. The Balaban J connectivity index is 3.08. The predicted octanol–water partition coefficient (Wildman–Crippen LogP) is 2.40. The zero-order chi connectivity index (χ0) is 10.0. The summed E-state index contributed by atoms with van der Waals surface area (Å²) < 4.78 is 26.0. The van der Waals surface area contributed by atoms with Crippen molar-refractivity contribution in [1.82, 2.24) is 0 Å². The van der Waals surface area contributed by atoms with E-state index in [9.17, 15) is 13.6 Å². The fourth-order valence-electron chi connectivity index (χ4n) is 1.09. The summed E-state index contributed by atoms with van der Waals surface area (Å²) in [5.41, 5.74) is 0.375. The average molecular weight is 184 g/mol. The Hall–Kier alpha value is -1.25. The first kappa shape index (κ1) is 9.84. The van der Waals surface area contributed by atoms with Gasteiger partial charge in [0.1, 0.15) is 17.4 Å². The van der Waals surface area contributed by atoms with Gasteiger partial charge in [-0.25, -0.2) is 8.78 Å². The van der Waals surface area contributed by atoms with Gasteiger partial charge in [-0.05, 0) is 37.1 Å². The van der Waals surface area contributed by atoms with Crippen LogP contribution in [0.4, 0.5) is 8.78 Å². The van der Waals surface area contributed by atoms with Crippen LogP contribution in [0.2, 0.25) is 0 Å². The van der Waals surface area contributed by atoms with Crippen LogP contribution in [0.3, 0.4) is 0 Å². The van der Waals surface area contributed by atoms with Crippen molar-refractivity contribution in [2.45, 2.75) is 20.3 Å². The van der Waals surface area contributed by atoms with E-state index in [2.05, 4.69) is 0 Å². The number of halogens is 2. The van der Waals surface area contributed by atoms with Crippen molar-refractivity contribution in [1.29, 1.82) is 0 Å². The molecular weight excluding hydrogens is 174 g/mol. The summed E-state index contributed by atoms with van der Waals surface area (Å²) in [6, 6.07) is 2.18. The molecule has 0 fully saturated rings. The van der Waals surface area contributed by atoms with Crippen LogP contribution in [0.1, 0.15) is 18.1 Å². The number of ketones is 1. The molecule has 1 nitrogen and oxygen atoms in total. The van der Waals surface area contributed by atoms with E-state index in [1.54, 1.807) is 0 Å². The lowest BCUT2D eigenvalue weighted by molar-refractivity contribution is -0.116. The molecule has 0 atom stereocenters. The van der Waals surface area contributed by atoms with Crippen molar-refractivity contribution in [3.63, 3.8) is 0 Å². The largest absolute Gasteiger partial charge is 0.300 e. The van der Waals surface area contributed by atoms with Gasteiger partial charge in [0.2, 0.25) is 0 Å². The first-order valence-corrected chi connectivity index (χ1v) is 3.94. The van der Waals surface area contributed by atoms with E-state index in [-0.39, 0.29) is 23.3 Å². The third kappa shape index (κ3) is 2.34. The lowest BCUT2D eigenvalue weighted by Gasteiger charge is -2.02. The van der Waals surface area contributed by atoms with Gasteiger partial charge in [0.15, 0.2) is 0 Å². The van der Waals surface area contributed by atoms with Crippen molar-refractivity contribution >= 4 is 5.78 Å². The molecule has 70 valence electrons. The molecule has 0 aliphatic rings. The van der Waals surface area contributed by atoms with Gasteiger partial charge < -0.3 is 0 Å². The Bertz CT molecular complexity index is 345. The van der Waals surface area contributed by atoms with Crippen LogP contribution in [0.15, 0.2) is 12.1 Å². The number of Topliss-reactive ketones (excluding diaryl/α,β-unsaturated/α-hetero) is 1. The maximum Gasteiger partial charge on any atom is 0.134 e. The minimum absolute atomic E-state index is 0.0525. The van der Waals surface area contributed by atoms with Crippen LogP contribution in [-0.2, 0) is 11.2 Å². The van der Waals surface area contributed by atoms with Gasteiger partial charge in [-0.1, -0.05) is 0 Å². The zero-order valence-corrected chi connectivity index (χ0v) is 7.53. The molecule has 0 bridgehead atoms. The van der Waals surface area contributed by atoms with Gasteiger partial charge >= 0.3 is 0 Å². The van der Waals surface area contributed by atoms with E-state index in [0.29, 0.717) is 0 Å². The predicted molar refractivity (Wildman–Crippen MR) is 45.5 cm³/mol. The summed E-state index contributed by atoms with van der Waals surface area (Å²) in [7, 11) is 0. The zero-order valence-electron chi connectivity index (χ0n) is 7.53. The van der Waals surface area contributed by atoms with E-state index in [1.807, 2.05) is 0 Å². The van der Waals surface area contributed by atoms with Crippen molar-refractivity contribution in [2.24, 2.45) is 0 Å². The molecule has 0 amide bonds. The molecule has 0 N–H and O–H groups in total. The Labute approximate surface area is 75.4 Å². The molecule has 0 aliphatic heterocycles. The highest BCUT2D eigenvalue weighted by Crippen LogP contribution is 2.14. The van der Waals surface area contributed by atoms with Crippen LogP contribution < -0.4 is 0 Å². The molecule has 0 radical (unpaired) electrons. The molecule has 1 aromatic rings. The highest BCUT2D eigenvalue weighted by molar-refractivity contribution is 5.78. The molecule has 13 heavy (non-hydrogen) atoms. The second kappa shape index (κ2) is 3.64. The van der Waals surface area contributed by atoms with Gasteiger partial charge in [0, 0.05) is 6.42 Å². The molecule has 3 heteroatoms. The Morgan fingerprint density at radius 2 is 1.92 bits per heavy atom. The van der Waals surface area contributed by atoms with Crippen LogP contribution in [0.5, 0.6) is 0 Å². The quantitative estimate of drug-likeness (QED) is 0.689. The first-order valence-electron chi connectivity index (χ1n) is 3.94. The summed E-state index contributed by atoms with van der Waals surface area (Å²) in [4.78, 5) is 10.7. The van der Waals surface area contributed by atoms with Crippen molar-refractivity contribution in [3.8, 4) is 0 Å². The second-order valence-electron chi connectivity index (χ2n) is 3.07. The molecule has 0 saturated carbocycles. The number of carbonyl (C=O) groups is 1. The van der Waals surface area contributed by atoms with E-state index in [4.69, 9.17) is 0 Å². The topological polar surface area (TPSA) is 17.1 Å². The summed E-state index contributed by atoms with van der Waals surface area (Å²) in [5, 5.41) is 0. The minimum Gasteiger partial charge on any atom is -0.300 e. The molecule has 0 unspecified atom stereocenters. The van der Waals surface area contributed by atoms with E-state index in [1.165, 1.54) is 13.8 Å². The smallest absolute Gasteiger partial charge is 0.134 e.